The number of nitrogens with zero attached hydrogens (tertiary/aromatic N) is 3. The molecule has 1 aliphatic heterocycles. The maximum absolute atomic E-state index is 13.2. The predicted octanol–water partition coefficient (Wildman–Crippen LogP) is 3.60. The van der Waals surface area contributed by atoms with Crippen LogP contribution in [-0.2, 0) is 4.79 Å². The average molecular weight is 415 g/mol. The van der Waals surface area contributed by atoms with Crippen LogP contribution in [0.5, 0.6) is 0 Å². The average Bonchev–Trinajstić information content (AvgIpc) is 2.96. The maximum atomic E-state index is 13.2. The lowest BCUT2D eigenvalue weighted by atomic mass is 10.2. The zero-order valence-electron chi connectivity index (χ0n) is 16.1. The van der Waals surface area contributed by atoms with Gasteiger partial charge in [0.25, 0.3) is 11.5 Å². The van der Waals surface area contributed by atoms with E-state index >= 15 is 0 Å². The third-order valence-electron chi connectivity index (χ3n) is 4.63. The molecule has 1 amide bonds. The second-order valence-corrected chi connectivity index (χ2v) is 8.22. The summed E-state index contributed by atoms with van der Waals surface area (Å²) in [5, 5.41) is 3.11. The first kappa shape index (κ1) is 20.3. The van der Waals surface area contributed by atoms with Gasteiger partial charge in [-0.1, -0.05) is 43.0 Å². The molecule has 2 aromatic heterocycles. The highest BCUT2D eigenvalue weighted by Crippen LogP contribution is 2.34. The summed E-state index contributed by atoms with van der Waals surface area (Å²) < 4.78 is 2.01. The van der Waals surface area contributed by atoms with Gasteiger partial charge in [-0.15, -0.1) is 6.58 Å². The Balaban J connectivity index is 2.17. The fourth-order valence-electron chi connectivity index (χ4n) is 2.92. The number of thioether (sulfide) groups is 1. The molecule has 0 bridgehead atoms. The minimum Gasteiger partial charge on any atom is -0.366 e. The Morgan fingerprint density at radius 1 is 1.43 bits per heavy atom. The molecule has 8 heteroatoms. The summed E-state index contributed by atoms with van der Waals surface area (Å²) in [6.45, 7) is 10.0. The number of rotatable bonds is 6. The number of aryl methyl sites for hydroxylation is 1. The lowest BCUT2D eigenvalue weighted by Crippen LogP contribution is -2.36. The van der Waals surface area contributed by atoms with Crippen LogP contribution in [0.25, 0.3) is 11.7 Å². The van der Waals surface area contributed by atoms with E-state index in [1.54, 1.807) is 29.3 Å². The van der Waals surface area contributed by atoms with Gasteiger partial charge in [-0.25, -0.2) is 4.98 Å². The number of amides is 1. The highest BCUT2D eigenvalue weighted by Gasteiger charge is 2.35. The molecule has 0 saturated carbocycles. The number of pyridine rings is 1. The van der Waals surface area contributed by atoms with Gasteiger partial charge in [-0.3, -0.25) is 18.9 Å². The highest BCUT2D eigenvalue weighted by atomic mass is 32.2. The highest BCUT2D eigenvalue weighted by molar-refractivity contribution is 8.26. The fourth-order valence-corrected chi connectivity index (χ4v) is 4.36. The Hall–Kier alpha value is -2.45. The van der Waals surface area contributed by atoms with E-state index in [1.807, 2.05) is 26.8 Å². The molecule has 1 N–H and O–H groups in total. The molecule has 1 atom stereocenters. The van der Waals surface area contributed by atoms with Gasteiger partial charge in [-0.05, 0) is 38.0 Å². The van der Waals surface area contributed by atoms with Gasteiger partial charge in [-0.2, -0.15) is 0 Å². The Bertz CT molecular complexity index is 1060. The van der Waals surface area contributed by atoms with E-state index in [0.717, 1.165) is 12.0 Å². The summed E-state index contributed by atoms with van der Waals surface area (Å²) in [5.74, 6) is 0.251. The van der Waals surface area contributed by atoms with Crippen LogP contribution < -0.4 is 10.9 Å². The number of aromatic nitrogens is 2. The lowest BCUT2D eigenvalue weighted by Gasteiger charge is -2.21. The summed E-state index contributed by atoms with van der Waals surface area (Å²) in [6.07, 6.45) is 5.76. The molecule has 146 valence electrons. The molecule has 0 aromatic carbocycles. The zero-order chi connectivity index (χ0) is 20.4. The first-order chi connectivity index (χ1) is 13.4. The van der Waals surface area contributed by atoms with Gasteiger partial charge < -0.3 is 5.32 Å². The van der Waals surface area contributed by atoms with Crippen molar-refractivity contribution in [2.24, 2.45) is 0 Å². The van der Waals surface area contributed by atoms with Crippen LogP contribution in [0.3, 0.4) is 0 Å². The zero-order valence-corrected chi connectivity index (χ0v) is 17.7. The third-order valence-corrected chi connectivity index (χ3v) is 5.96. The molecule has 0 spiro atoms. The van der Waals surface area contributed by atoms with Crippen LogP contribution in [-0.4, -0.2) is 37.1 Å². The van der Waals surface area contributed by atoms with E-state index in [2.05, 4.69) is 16.9 Å². The summed E-state index contributed by atoms with van der Waals surface area (Å²) in [6, 6.07) is 3.71. The molecule has 1 aliphatic rings. The summed E-state index contributed by atoms with van der Waals surface area (Å²) in [7, 11) is 0. The third kappa shape index (κ3) is 3.62. The molecule has 1 saturated heterocycles. The SMILES string of the molecule is C=CCNc1nc2c(C)cccn2c(=O)c1/C=C1\SC(=S)N([C@H](C)CC)C1=O. The topological polar surface area (TPSA) is 66.7 Å². The Labute approximate surface area is 173 Å². The van der Waals surface area contributed by atoms with Crippen LogP contribution in [0.4, 0.5) is 5.82 Å². The summed E-state index contributed by atoms with van der Waals surface area (Å²) in [5.41, 5.74) is 1.54. The number of nitrogens with one attached hydrogen (secondary N) is 1. The maximum Gasteiger partial charge on any atom is 0.267 e. The Kier molecular flexibility index (Phi) is 6.00. The van der Waals surface area contributed by atoms with Crippen molar-refractivity contribution in [2.45, 2.75) is 33.2 Å². The standard InChI is InChI=1S/C20H22N4O2S2/c1-5-9-21-16-14(18(25)23-10-7-8-12(3)17(23)22-16)11-15-19(26)24(13(4)6-2)20(27)28-15/h5,7-8,10-11,13,21H,1,6,9H2,2-4H3/b15-11-/t13-/m1/s1. The number of carbonyl (C=O) groups excluding carboxylic acids is 1. The van der Waals surface area contributed by atoms with Crippen LogP contribution in [0, 0.1) is 6.92 Å². The summed E-state index contributed by atoms with van der Waals surface area (Å²) in [4.78, 5) is 32.7. The van der Waals surface area contributed by atoms with Crippen molar-refractivity contribution in [3.8, 4) is 0 Å². The first-order valence-electron chi connectivity index (χ1n) is 9.02. The fraction of sp³-hybridized carbons (Fsp3) is 0.300. The monoisotopic (exact) mass is 414 g/mol. The van der Waals surface area contributed by atoms with Gasteiger partial charge in [0.1, 0.15) is 15.8 Å². The second-order valence-electron chi connectivity index (χ2n) is 6.54. The van der Waals surface area contributed by atoms with E-state index in [1.165, 1.54) is 16.2 Å². The van der Waals surface area contributed by atoms with E-state index in [4.69, 9.17) is 12.2 Å². The molecule has 6 nitrogen and oxygen atoms in total. The molecule has 0 unspecified atom stereocenters. The molecule has 0 radical (unpaired) electrons. The van der Waals surface area contributed by atoms with E-state index in [9.17, 15) is 9.59 Å². The number of hydrogen-bond acceptors (Lipinski definition) is 6. The Morgan fingerprint density at radius 3 is 2.86 bits per heavy atom. The van der Waals surface area contributed by atoms with Crippen molar-refractivity contribution in [3.05, 3.63) is 57.4 Å². The summed E-state index contributed by atoms with van der Waals surface area (Å²) >= 11 is 6.60. The van der Waals surface area contributed by atoms with Crippen LogP contribution in [0.2, 0.25) is 0 Å². The van der Waals surface area contributed by atoms with Gasteiger partial charge >= 0.3 is 0 Å². The Morgan fingerprint density at radius 2 is 2.18 bits per heavy atom. The van der Waals surface area contributed by atoms with Crippen molar-refractivity contribution in [3.63, 3.8) is 0 Å². The molecule has 0 aliphatic carbocycles. The van der Waals surface area contributed by atoms with Gasteiger partial charge in [0.15, 0.2) is 0 Å². The minimum atomic E-state index is -0.242. The first-order valence-corrected chi connectivity index (χ1v) is 10.2. The smallest absolute Gasteiger partial charge is 0.267 e. The number of hydrogen-bond donors (Lipinski definition) is 1. The number of carbonyl (C=O) groups is 1. The van der Waals surface area contributed by atoms with Crippen molar-refractivity contribution >= 4 is 51.7 Å². The van der Waals surface area contributed by atoms with Crippen molar-refractivity contribution in [1.82, 2.24) is 14.3 Å². The quantitative estimate of drug-likeness (QED) is 0.443. The van der Waals surface area contributed by atoms with Gasteiger partial charge in [0.05, 0.1) is 10.5 Å². The van der Waals surface area contributed by atoms with Crippen LogP contribution >= 0.6 is 24.0 Å². The normalized spacial score (nSPS) is 16.8. The van der Waals surface area contributed by atoms with Crippen LogP contribution in [0.15, 0.2) is 40.7 Å². The number of fused-ring (bicyclic) bond motifs is 1. The van der Waals surface area contributed by atoms with Gasteiger partial charge in [0.2, 0.25) is 0 Å². The van der Waals surface area contributed by atoms with Crippen molar-refractivity contribution in [1.29, 1.82) is 0 Å². The molecule has 28 heavy (non-hydrogen) atoms. The molecule has 2 aromatic rings. The minimum absolute atomic E-state index is 0.00948. The van der Waals surface area contributed by atoms with Crippen molar-refractivity contribution < 1.29 is 4.79 Å². The van der Waals surface area contributed by atoms with E-state index in [-0.39, 0.29) is 17.5 Å². The predicted molar refractivity (Wildman–Crippen MR) is 120 cm³/mol. The molecule has 3 rings (SSSR count). The largest absolute Gasteiger partial charge is 0.366 e. The van der Waals surface area contributed by atoms with E-state index in [0.29, 0.717) is 32.8 Å². The van der Waals surface area contributed by atoms with Crippen molar-refractivity contribution in [2.75, 3.05) is 11.9 Å². The van der Waals surface area contributed by atoms with Gasteiger partial charge in [0, 0.05) is 18.8 Å². The lowest BCUT2D eigenvalue weighted by molar-refractivity contribution is -0.123. The number of anilines is 1. The molecular weight excluding hydrogens is 392 g/mol. The number of thiocarbonyl (C=S) groups is 1. The molecule has 1 fully saturated rings. The molecule has 3 heterocycles. The molecular formula is C20H22N4O2S2. The second kappa shape index (κ2) is 8.28. The van der Waals surface area contributed by atoms with E-state index < -0.39 is 0 Å². The van der Waals surface area contributed by atoms with Crippen LogP contribution in [0.1, 0.15) is 31.4 Å².